The van der Waals surface area contributed by atoms with Crippen LogP contribution in [-0.2, 0) is 6.54 Å². The monoisotopic (exact) mass is 267 g/mol. The molecule has 1 fully saturated rings. The molecule has 0 aliphatic heterocycles. The van der Waals surface area contributed by atoms with Gasteiger partial charge in [-0.05, 0) is 37.5 Å². The molecule has 1 N–H and O–H groups in total. The fourth-order valence-corrected chi connectivity index (χ4v) is 2.58. The number of hydrogen-bond acceptors (Lipinski definition) is 2. The van der Waals surface area contributed by atoms with E-state index in [1.54, 1.807) is 5.54 Å². The summed E-state index contributed by atoms with van der Waals surface area (Å²) < 4.78 is 0. The van der Waals surface area contributed by atoms with E-state index < -0.39 is 0 Å². The molecule has 0 saturated heterocycles. The smallest absolute Gasteiger partial charge is 0.0208 e. The van der Waals surface area contributed by atoms with Crippen LogP contribution in [0.25, 0.3) is 0 Å². The van der Waals surface area contributed by atoms with Crippen LogP contribution in [0.5, 0.6) is 0 Å². The second kappa shape index (κ2) is 6.48. The molecule has 0 bridgehead atoms. The van der Waals surface area contributed by atoms with Crippen molar-refractivity contribution in [3.05, 3.63) is 40.9 Å². The molecule has 1 aliphatic rings. The van der Waals surface area contributed by atoms with Gasteiger partial charge < -0.3 is 5.32 Å². The average Bonchev–Trinajstić information content (AvgIpc) is 3.18. The Morgan fingerprint density at radius 3 is 3.06 bits per heavy atom. The zero-order valence-electron chi connectivity index (χ0n) is 10.1. The van der Waals surface area contributed by atoms with Crippen LogP contribution in [0.4, 0.5) is 0 Å². The zero-order chi connectivity index (χ0) is 12.1. The number of hydrogen-bond donors (Lipinski definition) is 1. The van der Waals surface area contributed by atoms with E-state index in [9.17, 15) is 0 Å². The molecule has 0 aromatic heterocycles. The second-order valence-corrected chi connectivity index (χ2v) is 5.81. The van der Waals surface area contributed by atoms with Crippen LogP contribution < -0.4 is 5.32 Å². The van der Waals surface area contributed by atoms with Crippen LogP contribution >= 0.6 is 23.4 Å². The van der Waals surface area contributed by atoms with Crippen molar-refractivity contribution < 1.29 is 0 Å². The molecule has 1 aromatic carbocycles. The fraction of sp³-hybridized carbons (Fsp3) is 0.429. The van der Waals surface area contributed by atoms with E-state index in [0.717, 1.165) is 18.3 Å². The summed E-state index contributed by atoms with van der Waals surface area (Å²) in [5.74, 6) is 0.961. The van der Waals surface area contributed by atoms with Crippen molar-refractivity contribution in [2.24, 2.45) is 0 Å². The first-order valence-electron chi connectivity index (χ1n) is 5.99. The van der Waals surface area contributed by atoms with Gasteiger partial charge in [-0.1, -0.05) is 29.3 Å². The lowest BCUT2D eigenvalue weighted by atomic mass is 10.2. The van der Waals surface area contributed by atoms with Gasteiger partial charge in [0.2, 0.25) is 0 Å². The van der Waals surface area contributed by atoms with E-state index in [4.69, 9.17) is 11.6 Å². The molecule has 0 unspecified atom stereocenters. The number of thioether (sulfide) groups is 1. The van der Waals surface area contributed by atoms with Gasteiger partial charge in [0.05, 0.1) is 0 Å². The summed E-state index contributed by atoms with van der Waals surface area (Å²) in [5.41, 5.74) is 4.23. The maximum Gasteiger partial charge on any atom is 0.0208 e. The van der Waals surface area contributed by atoms with E-state index in [2.05, 4.69) is 36.5 Å². The SMILES string of the molecule is C/C(=C/Cl)CSc1cccc(CNC2CC2)c1. The van der Waals surface area contributed by atoms with Crippen LogP contribution in [0.1, 0.15) is 25.3 Å². The Kier molecular flexibility index (Phi) is 4.96. The van der Waals surface area contributed by atoms with Crippen molar-refractivity contribution >= 4 is 23.4 Å². The number of nitrogens with one attached hydrogen (secondary N) is 1. The highest BCUT2D eigenvalue weighted by molar-refractivity contribution is 7.99. The van der Waals surface area contributed by atoms with Crippen LogP contribution in [0.15, 0.2) is 40.3 Å². The predicted molar refractivity (Wildman–Crippen MR) is 76.6 cm³/mol. The van der Waals surface area contributed by atoms with E-state index in [1.165, 1.54) is 28.9 Å². The molecule has 1 aromatic rings. The summed E-state index contributed by atoms with van der Waals surface area (Å²) in [7, 11) is 0. The molecule has 1 nitrogen and oxygen atoms in total. The van der Waals surface area contributed by atoms with Gasteiger partial charge in [0.15, 0.2) is 0 Å². The maximum absolute atomic E-state index is 5.66. The fourth-order valence-electron chi connectivity index (χ4n) is 1.52. The highest BCUT2D eigenvalue weighted by atomic mass is 35.5. The van der Waals surface area contributed by atoms with Gasteiger partial charge >= 0.3 is 0 Å². The van der Waals surface area contributed by atoms with Gasteiger partial charge in [0.1, 0.15) is 0 Å². The van der Waals surface area contributed by atoms with Gasteiger partial charge in [-0.25, -0.2) is 0 Å². The summed E-state index contributed by atoms with van der Waals surface area (Å²) in [6, 6.07) is 9.51. The third kappa shape index (κ3) is 4.74. The molecule has 0 atom stereocenters. The Bertz CT molecular complexity index is 399. The summed E-state index contributed by atoms with van der Waals surface area (Å²) in [4.78, 5) is 1.32. The van der Waals surface area contributed by atoms with Crippen LogP contribution in [0.3, 0.4) is 0 Å². The van der Waals surface area contributed by atoms with Gasteiger partial charge in [-0.15, -0.1) is 11.8 Å². The Morgan fingerprint density at radius 1 is 1.53 bits per heavy atom. The van der Waals surface area contributed by atoms with Gasteiger partial charge in [0, 0.05) is 28.8 Å². The molecule has 0 radical (unpaired) electrons. The third-order valence-electron chi connectivity index (χ3n) is 2.72. The van der Waals surface area contributed by atoms with Crippen molar-refractivity contribution in [3.63, 3.8) is 0 Å². The highest BCUT2D eigenvalue weighted by Gasteiger charge is 2.19. The lowest BCUT2D eigenvalue weighted by molar-refractivity contribution is 0.687. The lowest BCUT2D eigenvalue weighted by Gasteiger charge is -2.06. The van der Waals surface area contributed by atoms with Crippen molar-refractivity contribution in [2.75, 3.05) is 5.75 Å². The van der Waals surface area contributed by atoms with Crippen molar-refractivity contribution in [3.8, 4) is 0 Å². The van der Waals surface area contributed by atoms with E-state index in [1.807, 2.05) is 11.8 Å². The van der Waals surface area contributed by atoms with Gasteiger partial charge in [0.25, 0.3) is 0 Å². The highest BCUT2D eigenvalue weighted by Crippen LogP contribution is 2.23. The van der Waals surface area contributed by atoms with Crippen molar-refractivity contribution in [2.45, 2.75) is 37.2 Å². The van der Waals surface area contributed by atoms with Crippen LogP contribution in [-0.4, -0.2) is 11.8 Å². The minimum atomic E-state index is 0.771. The first-order valence-corrected chi connectivity index (χ1v) is 7.41. The second-order valence-electron chi connectivity index (χ2n) is 4.55. The molecular formula is C14H18ClNS. The molecule has 17 heavy (non-hydrogen) atoms. The third-order valence-corrected chi connectivity index (χ3v) is 4.28. The van der Waals surface area contributed by atoms with Gasteiger partial charge in [-0.2, -0.15) is 0 Å². The van der Waals surface area contributed by atoms with E-state index in [0.29, 0.717) is 0 Å². The minimum Gasteiger partial charge on any atom is -0.310 e. The molecule has 1 aliphatic carbocycles. The molecule has 2 rings (SSSR count). The largest absolute Gasteiger partial charge is 0.310 e. The number of halogens is 1. The Hall–Kier alpha value is -0.440. The molecule has 1 saturated carbocycles. The summed E-state index contributed by atoms with van der Waals surface area (Å²) in [5, 5.41) is 3.53. The standard InChI is InChI=1S/C14H18ClNS/c1-11(8-15)10-17-14-4-2-3-12(7-14)9-16-13-5-6-13/h2-4,7-8,13,16H,5-6,9-10H2,1H3/b11-8-. The van der Waals surface area contributed by atoms with E-state index in [-0.39, 0.29) is 0 Å². The first kappa shape index (κ1) is 13.0. The average molecular weight is 268 g/mol. The first-order chi connectivity index (χ1) is 8.28. The quantitative estimate of drug-likeness (QED) is 0.777. The Labute approximate surface area is 113 Å². The van der Waals surface area contributed by atoms with Crippen molar-refractivity contribution in [1.29, 1.82) is 0 Å². The minimum absolute atomic E-state index is 0.771. The Morgan fingerprint density at radius 2 is 2.35 bits per heavy atom. The van der Waals surface area contributed by atoms with Crippen LogP contribution in [0.2, 0.25) is 0 Å². The van der Waals surface area contributed by atoms with E-state index >= 15 is 0 Å². The molecule has 3 heteroatoms. The van der Waals surface area contributed by atoms with Crippen molar-refractivity contribution in [1.82, 2.24) is 5.32 Å². The molecule has 92 valence electrons. The maximum atomic E-state index is 5.66. The molecular weight excluding hydrogens is 250 g/mol. The lowest BCUT2D eigenvalue weighted by Crippen LogP contribution is -2.15. The zero-order valence-corrected chi connectivity index (χ0v) is 11.7. The number of benzene rings is 1. The predicted octanol–water partition coefficient (Wildman–Crippen LogP) is 4.17. The normalized spacial score (nSPS) is 16.2. The van der Waals surface area contributed by atoms with Crippen LogP contribution in [0, 0.1) is 0 Å². The Balaban J connectivity index is 1.86. The number of rotatable bonds is 6. The summed E-state index contributed by atoms with van der Waals surface area (Å²) >= 11 is 7.49. The van der Waals surface area contributed by atoms with Gasteiger partial charge in [-0.3, -0.25) is 0 Å². The topological polar surface area (TPSA) is 12.0 Å². The molecule has 0 amide bonds. The molecule has 0 spiro atoms. The molecule has 0 heterocycles. The summed E-state index contributed by atoms with van der Waals surface area (Å²) in [6.45, 7) is 3.04. The summed E-state index contributed by atoms with van der Waals surface area (Å²) in [6.07, 6.45) is 2.68.